The van der Waals surface area contributed by atoms with E-state index in [1.54, 1.807) is 19.4 Å². The van der Waals surface area contributed by atoms with E-state index in [4.69, 9.17) is 4.74 Å². The van der Waals surface area contributed by atoms with E-state index in [2.05, 4.69) is 15.3 Å². The van der Waals surface area contributed by atoms with Gasteiger partial charge in [-0.25, -0.2) is 9.97 Å². The number of carbonyl (C=O) groups excluding carboxylic acids is 1. The standard InChI is InChI=1S/C16H19N3O2/c1-11(13-4-6-14(21-3)7-5-13)10-15(20)19-16-17-9-8-12(2)18-16/h4-9,11H,10H2,1-3H3,(H,17,18,19,20)/t11-/m0/s1. The molecule has 5 heteroatoms. The summed E-state index contributed by atoms with van der Waals surface area (Å²) < 4.78 is 5.12. The monoisotopic (exact) mass is 285 g/mol. The second-order valence-corrected chi connectivity index (χ2v) is 4.95. The van der Waals surface area contributed by atoms with Crippen molar-refractivity contribution in [1.82, 2.24) is 9.97 Å². The average Bonchev–Trinajstić information content (AvgIpc) is 2.47. The SMILES string of the molecule is COc1ccc([C@@H](C)CC(=O)Nc2nccc(C)n2)cc1. The zero-order valence-corrected chi connectivity index (χ0v) is 12.5. The van der Waals surface area contributed by atoms with Gasteiger partial charge in [-0.1, -0.05) is 19.1 Å². The number of anilines is 1. The summed E-state index contributed by atoms with van der Waals surface area (Å²) in [6.45, 7) is 3.87. The van der Waals surface area contributed by atoms with Crippen molar-refractivity contribution in [2.24, 2.45) is 0 Å². The molecule has 0 aliphatic carbocycles. The smallest absolute Gasteiger partial charge is 0.229 e. The molecule has 0 bridgehead atoms. The number of amides is 1. The minimum atomic E-state index is -0.0936. The van der Waals surface area contributed by atoms with Crippen molar-refractivity contribution >= 4 is 11.9 Å². The number of nitrogens with one attached hydrogen (secondary N) is 1. The Kier molecular flexibility index (Phi) is 4.87. The molecule has 21 heavy (non-hydrogen) atoms. The molecule has 1 N–H and O–H groups in total. The van der Waals surface area contributed by atoms with Crippen molar-refractivity contribution in [3.63, 3.8) is 0 Å². The lowest BCUT2D eigenvalue weighted by atomic mass is 9.97. The lowest BCUT2D eigenvalue weighted by molar-refractivity contribution is -0.116. The summed E-state index contributed by atoms with van der Waals surface area (Å²) in [5, 5.41) is 2.72. The van der Waals surface area contributed by atoms with Gasteiger partial charge in [0.2, 0.25) is 11.9 Å². The van der Waals surface area contributed by atoms with E-state index >= 15 is 0 Å². The van der Waals surface area contributed by atoms with Crippen molar-refractivity contribution < 1.29 is 9.53 Å². The number of rotatable bonds is 5. The number of hydrogen-bond acceptors (Lipinski definition) is 4. The van der Waals surface area contributed by atoms with Crippen LogP contribution in [-0.2, 0) is 4.79 Å². The Morgan fingerprint density at radius 3 is 2.62 bits per heavy atom. The Morgan fingerprint density at radius 2 is 2.00 bits per heavy atom. The van der Waals surface area contributed by atoms with Crippen LogP contribution in [0.4, 0.5) is 5.95 Å². The summed E-state index contributed by atoms with van der Waals surface area (Å²) in [5.41, 5.74) is 1.92. The number of benzene rings is 1. The molecule has 0 spiro atoms. The molecule has 1 atom stereocenters. The van der Waals surface area contributed by atoms with Gasteiger partial charge < -0.3 is 4.74 Å². The third-order valence-electron chi connectivity index (χ3n) is 3.22. The van der Waals surface area contributed by atoms with Crippen LogP contribution in [-0.4, -0.2) is 23.0 Å². The summed E-state index contributed by atoms with van der Waals surface area (Å²) in [5.74, 6) is 1.18. The second kappa shape index (κ2) is 6.83. The van der Waals surface area contributed by atoms with Crippen molar-refractivity contribution in [3.05, 3.63) is 47.8 Å². The molecule has 0 unspecified atom stereocenters. The van der Waals surface area contributed by atoms with E-state index in [1.165, 1.54) is 0 Å². The maximum atomic E-state index is 12.0. The Balaban J connectivity index is 1.95. The largest absolute Gasteiger partial charge is 0.497 e. The highest BCUT2D eigenvalue weighted by Gasteiger charge is 2.12. The average molecular weight is 285 g/mol. The van der Waals surface area contributed by atoms with E-state index < -0.39 is 0 Å². The molecule has 5 nitrogen and oxygen atoms in total. The van der Waals surface area contributed by atoms with Gasteiger partial charge in [0, 0.05) is 18.3 Å². The fraction of sp³-hybridized carbons (Fsp3) is 0.312. The highest BCUT2D eigenvalue weighted by molar-refractivity contribution is 5.89. The van der Waals surface area contributed by atoms with Crippen LogP contribution in [0.1, 0.15) is 30.5 Å². The predicted molar refractivity (Wildman–Crippen MR) is 81.4 cm³/mol. The van der Waals surface area contributed by atoms with Gasteiger partial charge in [-0.15, -0.1) is 0 Å². The van der Waals surface area contributed by atoms with Gasteiger partial charge in [0.05, 0.1) is 7.11 Å². The summed E-state index contributed by atoms with van der Waals surface area (Å²) in [4.78, 5) is 20.2. The van der Waals surface area contributed by atoms with Crippen LogP contribution >= 0.6 is 0 Å². The lowest BCUT2D eigenvalue weighted by Crippen LogP contribution is -2.16. The molecular weight excluding hydrogens is 266 g/mol. The quantitative estimate of drug-likeness (QED) is 0.917. The van der Waals surface area contributed by atoms with Crippen LogP contribution in [0, 0.1) is 6.92 Å². The van der Waals surface area contributed by atoms with Gasteiger partial charge in [-0.2, -0.15) is 0 Å². The summed E-state index contributed by atoms with van der Waals surface area (Å²) in [6, 6.07) is 9.52. The van der Waals surface area contributed by atoms with Crippen molar-refractivity contribution in [2.45, 2.75) is 26.2 Å². The second-order valence-electron chi connectivity index (χ2n) is 4.95. The van der Waals surface area contributed by atoms with Gasteiger partial charge in [0.15, 0.2) is 0 Å². The molecule has 1 aromatic heterocycles. The molecule has 2 aromatic rings. The maximum Gasteiger partial charge on any atom is 0.229 e. The number of ether oxygens (including phenoxy) is 1. The molecule has 1 aromatic carbocycles. The zero-order valence-electron chi connectivity index (χ0n) is 12.5. The maximum absolute atomic E-state index is 12.0. The number of methoxy groups -OCH3 is 1. The number of aryl methyl sites for hydroxylation is 1. The number of carbonyl (C=O) groups is 1. The third kappa shape index (κ3) is 4.27. The van der Waals surface area contributed by atoms with Crippen LogP contribution in [0.5, 0.6) is 5.75 Å². The van der Waals surface area contributed by atoms with Crippen molar-refractivity contribution in [1.29, 1.82) is 0 Å². The van der Waals surface area contributed by atoms with Gasteiger partial charge in [-0.05, 0) is 36.6 Å². The summed E-state index contributed by atoms with van der Waals surface area (Å²) in [7, 11) is 1.63. The first-order chi connectivity index (χ1) is 10.1. The molecule has 110 valence electrons. The topological polar surface area (TPSA) is 64.1 Å². The molecule has 0 radical (unpaired) electrons. The van der Waals surface area contributed by atoms with E-state index in [0.29, 0.717) is 12.4 Å². The number of nitrogens with zero attached hydrogens (tertiary/aromatic N) is 2. The Labute approximate surface area is 124 Å². The molecule has 0 saturated heterocycles. The van der Waals surface area contributed by atoms with Gasteiger partial charge in [0.1, 0.15) is 5.75 Å². The highest BCUT2D eigenvalue weighted by Crippen LogP contribution is 2.22. The summed E-state index contributed by atoms with van der Waals surface area (Å²) >= 11 is 0. The minimum Gasteiger partial charge on any atom is -0.497 e. The Hall–Kier alpha value is -2.43. The Morgan fingerprint density at radius 1 is 1.29 bits per heavy atom. The summed E-state index contributed by atoms with van der Waals surface area (Å²) in [6.07, 6.45) is 2.01. The van der Waals surface area contributed by atoms with Gasteiger partial charge in [-0.3, -0.25) is 10.1 Å². The fourth-order valence-electron chi connectivity index (χ4n) is 2.01. The molecule has 0 aliphatic rings. The van der Waals surface area contributed by atoms with Crippen LogP contribution in [0.25, 0.3) is 0 Å². The number of aromatic nitrogens is 2. The molecule has 2 rings (SSSR count). The van der Waals surface area contributed by atoms with Crippen LogP contribution in [0.15, 0.2) is 36.5 Å². The molecule has 0 fully saturated rings. The molecule has 1 heterocycles. The van der Waals surface area contributed by atoms with E-state index in [9.17, 15) is 4.79 Å². The van der Waals surface area contributed by atoms with E-state index in [-0.39, 0.29) is 11.8 Å². The lowest BCUT2D eigenvalue weighted by Gasteiger charge is -2.12. The minimum absolute atomic E-state index is 0.0936. The van der Waals surface area contributed by atoms with Crippen LogP contribution in [0.2, 0.25) is 0 Å². The zero-order chi connectivity index (χ0) is 15.2. The molecule has 0 saturated carbocycles. The molecular formula is C16H19N3O2. The van der Waals surface area contributed by atoms with Gasteiger partial charge >= 0.3 is 0 Å². The first-order valence-electron chi connectivity index (χ1n) is 6.82. The van der Waals surface area contributed by atoms with E-state index in [1.807, 2.05) is 38.1 Å². The first kappa shape index (κ1) is 15.0. The fourth-order valence-corrected chi connectivity index (χ4v) is 2.01. The molecule has 0 aliphatic heterocycles. The highest BCUT2D eigenvalue weighted by atomic mass is 16.5. The van der Waals surface area contributed by atoms with Crippen molar-refractivity contribution in [3.8, 4) is 5.75 Å². The predicted octanol–water partition coefficient (Wildman–Crippen LogP) is 2.93. The number of hydrogen-bond donors (Lipinski definition) is 1. The first-order valence-corrected chi connectivity index (χ1v) is 6.82. The van der Waals surface area contributed by atoms with Crippen LogP contribution in [0.3, 0.4) is 0 Å². The van der Waals surface area contributed by atoms with Gasteiger partial charge in [0.25, 0.3) is 0 Å². The Bertz CT molecular complexity index is 611. The molecule has 1 amide bonds. The third-order valence-corrected chi connectivity index (χ3v) is 3.22. The normalized spacial score (nSPS) is 11.8. The van der Waals surface area contributed by atoms with E-state index in [0.717, 1.165) is 17.0 Å². The van der Waals surface area contributed by atoms with Crippen molar-refractivity contribution in [2.75, 3.05) is 12.4 Å². The van der Waals surface area contributed by atoms with Crippen LogP contribution < -0.4 is 10.1 Å².